The minimum absolute atomic E-state index is 0. The standard InChI is InChI=1S/C15H17INO2.U/c1-4-12(18)8-14(16)10(3)13-6-5-11(15(17)19)7-9(13)2;/h4-8,18-19H,3,17H2,1-2H3;/q-1;/b12-4+,14-8+;. The van der Waals surface area contributed by atoms with Gasteiger partial charge in [-0.2, -0.15) is 12.1 Å². The molecule has 0 fully saturated rings. The van der Waals surface area contributed by atoms with Gasteiger partial charge in [0, 0.05) is 40.9 Å². The van der Waals surface area contributed by atoms with E-state index in [4.69, 9.17) is 5.73 Å². The molecule has 0 atom stereocenters. The van der Waals surface area contributed by atoms with Crippen LogP contribution in [0.1, 0.15) is 23.6 Å². The van der Waals surface area contributed by atoms with Crippen molar-refractivity contribution >= 4 is 28.2 Å². The van der Waals surface area contributed by atoms with E-state index in [0.717, 1.165) is 20.3 Å². The normalized spacial score (nSPS) is 11.8. The first-order chi connectivity index (χ1) is 8.86. The van der Waals surface area contributed by atoms with E-state index in [1.807, 2.05) is 13.0 Å². The molecular formula is C15H17INO2U-. The van der Waals surface area contributed by atoms with Crippen molar-refractivity contribution in [3.63, 3.8) is 0 Å². The van der Waals surface area contributed by atoms with Crippen molar-refractivity contribution in [2.75, 3.05) is 0 Å². The van der Waals surface area contributed by atoms with Crippen LogP contribution in [0.5, 0.6) is 0 Å². The maximum atomic E-state index is 9.50. The van der Waals surface area contributed by atoms with E-state index in [-0.39, 0.29) is 43.1 Å². The van der Waals surface area contributed by atoms with Crippen molar-refractivity contribution < 1.29 is 41.3 Å². The van der Waals surface area contributed by atoms with Gasteiger partial charge in [0.15, 0.2) is 0 Å². The molecule has 0 aliphatic rings. The Labute approximate surface area is 157 Å². The summed E-state index contributed by atoms with van der Waals surface area (Å²) in [6.45, 7) is 7.72. The molecule has 5 heteroatoms. The quantitative estimate of drug-likeness (QED) is 0.210. The summed E-state index contributed by atoms with van der Waals surface area (Å²) < 4.78 is 0.852. The maximum Gasteiger partial charge on any atom is 0.112 e. The smallest absolute Gasteiger partial charge is 0.112 e. The van der Waals surface area contributed by atoms with E-state index in [1.54, 1.807) is 31.2 Å². The molecule has 0 radical (unpaired) electrons. The fourth-order valence-electron chi connectivity index (χ4n) is 1.59. The van der Waals surface area contributed by atoms with E-state index in [0.29, 0.717) is 5.56 Å². The van der Waals surface area contributed by atoms with Crippen LogP contribution in [-0.2, 0) is 0 Å². The topological polar surface area (TPSA) is 66.5 Å². The van der Waals surface area contributed by atoms with Crippen LogP contribution >= 0.6 is 22.6 Å². The van der Waals surface area contributed by atoms with E-state index in [1.165, 1.54) is 0 Å². The van der Waals surface area contributed by atoms with Crippen molar-refractivity contribution in [3.8, 4) is 0 Å². The summed E-state index contributed by atoms with van der Waals surface area (Å²) in [4.78, 5) is 0. The average molecular weight is 608 g/mol. The van der Waals surface area contributed by atoms with E-state index in [9.17, 15) is 10.2 Å². The number of aliphatic hydroxyl groups is 2. The Bertz CT molecular complexity index is 551. The number of benzene rings is 1. The number of aryl methyl sites for hydroxylation is 1. The molecule has 1 aromatic carbocycles. The second kappa shape index (κ2) is 8.96. The van der Waals surface area contributed by atoms with Gasteiger partial charge in [0.2, 0.25) is 0 Å². The third-order valence-corrected chi connectivity index (χ3v) is 3.67. The summed E-state index contributed by atoms with van der Waals surface area (Å²) in [5.74, 6) is 0.202. The van der Waals surface area contributed by atoms with Crippen molar-refractivity contribution in [1.82, 2.24) is 0 Å². The van der Waals surface area contributed by atoms with Gasteiger partial charge in [0.1, 0.15) is 5.76 Å². The van der Waals surface area contributed by atoms with Gasteiger partial charge >= 0.3 is 0 Å². The molecule has 0 saturated heterocycles. The fourth-order valence-corrected chi connectivity index (χ4v) is 2.20. The molecule has 1 aromatic rings. The van der Waals surface area contributed by atoms with Crippen LogP contribution in [0.2, 0.25) is 0 Å². The van der Waals surface area contributed by atoms with Crippen LogP contribution in [0.4, 0.5) is 0 Å². The van der Waals surface area contributed by atoms with Crippen LogP contribution < -0.4 is 5.73 Å². The summed E-state index contributed by atoms with van der Waals surface area (Å²) in [5.41, 5.74) is 8.66. The zero-order chi connectivity index (χ0) is 14.6. The Hall–Kier alpha value is -0.188. The van der Waals surface area contributed by atoms with Crippen molar-refractivity contribution in [1.29, 1.82) is 0 Å². The van der Waals surface area contributed by atoms with Gasteiger partial charge in [0.05, 0.1) is 0 Å². The average Bonchev–Trinajstić information content (AvgIpc) is 2.37. The maximum absolute atomic E-state index is 9.50. The van der Waals surface area contributed by atoms with Gasteiger partial charge in [-0.05, 0) is 52.8 Å². The Morgan fingerprint density at radius 3 is 2.50 bits per heavy atom. The van der Waals surface area contributed by atoms with Crippen LogP contribution in [0.15, 0.2) is 46.3 Å². The second-order valence-electron chi connectivity index (χ2n) is 4.10. The molecule has 0 amide bonds. The van der Waals surface area contributed by atoms with Crippen molar-refractivity contribution in [2.24, 2.45) is 5.73 Å². The molecule has 0 spiro atoms. The third kappa shape index (κ3) is 5.30. The first kappa shape index (κ1) is 19.8. The molecule has 0 unspecified atom stereocenters. The molecule has 0 aromatic heterocycles. The second-order valence-corrected chi connectivity index (χ2v) is 5.26. The molecule has 4 N–H and O–H groups in total. The monoisotopic (exact) mass is 608 g/mol. The van der Waals surface area contributed by atoms with Gasteiger partial charge in [-0.3, -0.25) is 0 Å². The van der Waals surface area contributed by atoms with Gasteiger partial charge in [0.25, 0.3) is 0 Å². The summed E-state index contributed by atoms with van der Waals surface area (Å²) in [6.07, 6.45) is 3.07. The summed E-state index contributed by atoms with van der Waals surface area (Å²) in [7, 11) is 0. The number of halogens is 1. The Balaban J connectivity index is 0.00000361. The first-order valence-corrected chi connectivity index (χ1v) is 6.79. The van der Waals surface area contributed by atoms with E-state index >= 15 is 0 Å². The summed E-state index contributed by atoms with van der Waals surface area (Å²) in [5, 5.41) is 18.8. The predicted octanol–water partition coefficient (Wildman–Crippen LogP) is 3.96. The molecule has 0 saturated carbocycles. The van der Waals surface area contributed by atoms with Gasteiger partial charge in [-0.25, -0.2) is 0 Å². The number of allylic oxidation sites excluding steroid dienone is 4. The molecule has 3 nitrogen and oxygen atoms in total. The Kier molecular flexibility index (Phi) is 8.87. The van der Waals surface area contributed by atoms with Crippen LogP contribution in [0.25, 0.3) is 5.57 Å². The molecule has 0 aliphatic heterocycles. The molecule has 20 heavy (non-hydrogen) atoms. The largest absolute Gasteiger partial charge is 0.508 e. The molecule has 1 rings (SSSR count). The molecule has 0 bridgehead atoms. The van der Waals surface area contributed by atoms with Gasteiger partial charge in [-0.15, -0.1) is 11.6 Å². The van der Waals surface area contributed by atoms with Crippen molar-refractivity contribution in [3.05, 3.63) is 69.2 Å². The summed E-state index contributed by atoms with van der Waals surface area (Å²) in [6, 6.07) is 5.40. The number of aliphatic hydroxyl groups excluding tert-OH is 2. The SMILES string of the molecule is C=C(/C(I)=C\C(O)=C/C)c1ccc([C-](N)O)cc1C.[U]. The zero-order valence-electron chi connectivity index (χ0n) is 11.4. The van der Waals surface area contributed by atoms with Crippen LogP contribution in [0.3, 0.4) is 0 Å². The first-order valence-electron chi connectivity index (χ1n) is 5.71. The van der Waals surface area contributed by atoms with Crippen molar-refractivity contribution in [2.45, 2.75) is 13.8 Å². The minimum Gasteiger partial charge on any atom is -0.508 e. The van der Waals surface area contributed by atoms with Gasteiger partial charge < -0.3 is 15.9 Å². The third-order valence-electron chi connectivity index (χ3n) is 2.71. The van der Waals surface area contributed by atoms with E-state index < -0.39 is 0 Å². The van der Waals surface area contributed by atoms with E-state index in [2.05, 4.69) is 29.2 Å². The number of rotatable bonds is 4. The summed E-state index contributed by atoms with van der Waals surface area (Å²) >= 11 is 2.13. The van der Waals surface area contributed by atoms with Crippen LogP contribution in [0, 0.1) is 44.3 Å². The minimum atomic E-state index is -0.197. The molecule has 106 valence electrons. The molecular weight excluding hydrogens is 591 g/mol. The Morgan fingerprint density at radius 2 is 2.05 bits per heavy atom. The molecule has 0 heterocycles. The zero-order valence-corrected chi connectivity index (χ0v) is 17.8. The van der Waals surface area contributed by atoms with Crippen LogP contribution in [-0.4, -0.2) is 10.2 Å². The number of nitrogens with two attached hydrogens (primary N) is 1. The molecule has 0 aliphatic carbocycles. The Morgan fingerprint density at radius 1 is 1.45 bits per heavy atom. The predicted molar refractivity (Wildman–Crippen MR) is 87.2 cm³/mol. The fraction of sp³-hybridized carbons (Fsp3) is 0.133. The number of hydrogen-bond acceptors (Lipinski definition) is 3. The van der Waals surface area contributed by atoms with Gasteiger partial charge in [-0.1, -0.05) is 19.1 Å². The number of hydrogen-bond donors (Lipinski definition) is 3.